The number of imidazole rings is 1. The maximum absolute atomic E-state index is 10.4. The lowest BCUT2D eigenvalue weighted by molar-refractivity contribution is 0.175. The first-order chi connectivity index (χ1) is 14.2. The van der Waals surface area contributed by atoms with Crippen LogP contribution in [0.5, 0.6) is 11.5 Å². The van der Waals surface area contributed by atoms with E-state index in [0.29, 0.717) is 17.9 Å². The molecule has 0 bridgehead atoms. The average molecular weight is 402 g/mol. The molecular formula is C22H18N4O2S. The fourth-order valence-corrected chi connectivity index (χ4v) is 3.86. The zero-order chi connectivity index (χ0) is 19.6. The zero-order valence-electron chi connectivity index (χ0n) is 15.4. The molecule has 0 aliphatic rings. The van der Waals surface area contributed by atoms with E-state index in [1.165, 1.54) is 11.3 Å². The Labute approximate surface area is 170 Å². The number of aliphatic hydroxyl groups excluding tert-OH is 1. The summed E-state index contributed by atoms with van der Waals surface area (Å²) in [5, 5.41) is 11.5. The predicted molar refractivity (Wildman–Crippen MR) is 113 cm³/mol. The summed E-state index contributed by atoms with van der Waals surface area (Å²) in [5.41, 5.74) is 4.34. The maximum Gasteiger partial charge on any atom is 0.137 e. The van der Waals surface area contributed by atoms with Crippen molar-refractivity contribution in [2.75, 3.05) is 0 Å². The van der Waals surface area contributed by atoms with Gasteiger partial charge in [0.05, 0.1) is 11.2 Å². The van der Waals surface area contributed by atoms with Gasteiger partial charge in [-0.3, -0.25) is 4.98 Å². The van der Waals surface area contributed by atoms with Crippen LogP contribution in [0.2, 0.25) is 0 Å². The van der Waals surface area contributed by atoms with Gasteiger partial charge >= 0.3 is 0 Å². The molecule has 6 nitrogen and oxygen atoms in total. The number of fused-ring (bicyclic) bond motifs is 1. The van der Waals surface area contributed by atoms with Crippen molar-refractivity contribution in [1.29, 1.82) is 0 Å². The Hall–Kier alpha value is -3.42. The summed E-state index contributed by atoms with van der Waals surface area (Å²) >= 11 is 1.53. The minimum absolute atomic E-state index is 0.500. The van der Waals surface area contributed by atoms with E-state index in [1.807, 2.05) is 54.7 Å². The van der Waals surface area contributed by atoms with E-state index < -0.39 is 6.10 Å². The summed E-state index contributed by atoms with van der Waals surface area (Å²) in [6.45, 7) is 0. The molecule has 0 saturated heterocycles. The Morgan fingerprint density at radius 3 is 2.90 bits per heavy atom. The number of hydrogen-bond donors (Lipinski definition) is 3. The van der Waals surface area contributed by atoms with Crippen molar-refractivity contribution >= 4 is 22.2 Å². The molecule has 0 aliphatic heterocycles. The van der Waals surface area contributed by atoms with Crippen LogP contribution >= 0.6 is 11.3 Å². The number of aromatic nitrogens is 4. The van der Waals surface area contributed by atoms with Crippen LogP contribution in [0.15, 0.2) is 72.6 Å². The first kappa shape index (κ1) is 17.7. The Balaban J connectivity index is 1.34. The molecule has 5 rings (SSSR count). The van der Waals surface area contributed by atoms with Gasteiger partial charge < -0.3 is 19.8 Å². The molecule has 3 aromatic heterocycles. The Morgan fingerprint density at radius 2 is 2.00 bits per heavy atom. The monoisotopic (exact) mass is 402 g/mol. The molecule has 5 aromatic rings. The third-order valence-corrected chi connectivity index (χ3v) is 5.49. The van der Waals surface area contributed by atoms with Crippen LogP contribution in [0.3, 0.4) is 0 Å². The molecule has 0 fully saturated rings. The van der Waals surface area contributed by atoms with Crippen molar-refractivity contribution in [1.82, 2.24) is 19.9 Å². The fraction of sp³-hybridized carbons (Fsp3) is 0.0909. The van der Waals surface area contributed by atoms with Crippen LogP contribution in [-0.2, 0) is 6.42 Å². The largest absolute Gasteiger partial charge is 0.457 e. The highest BCUT2D eigenvalue weighted by Gasteiger charge is 2.14. The lowest BCUT2D eigenvalue weighted by atomic mass is 10.2. The average Bonchev–Trinajstić information content (AvgIpc) is 3.49. The van der Waals surface area contributed by atoms with E-state index in [4.69, 9.17) is 4.74 Å². The number of aliphatic hydroxyl groups is 1. The van der Waals surface area contributed by atoms with Gasteiger partial charge in [0, 0.05) is 46.4 Å². The number of H-pyrrole nitrogens is 2. The van der Waals surface area contributed by atoms with E-state index in [2.05, 4.69) is 19.9 Å². The van der Waals surface area contributed by atoms with Crippen molar-refractivity contribution in [2.24, 2.45) is 0 Å². The maximum atomic E-state index is 10.4. The number of benzene rings is 2. The summed E-state index contributed by atoms with van der Waals surface area (Å²) in [6, 6.07) is 15.7. The molecule has 0 unspecified atom stereocenters. The van der Waals surface area contributed by atoms with E-state index in [9.17, 15) is 5.11 Å². The minimum atomic E-state index is -0.673. The third kappa shape index (κ3) is 3.78. The summed E-state index contributed by atoms with van der Waals surface area (Å²) in [5.74, 6) is 2.18. The molecule has 0 saturated carbocycles. The lowest BCUT2D eigenvalue weighted by Gasteiger charge is -2.07. The van der Waals surface area contributed by atoms with E-state index in [-0.39, 0.29) is 0 Å². The van der Waals surface area contributed by atoms with Crippen molar-refractivity contribution in [3.8, 4) is 22.9 Å². The molecule has 0 radical (unpaired) electrons. The van der Waals surface area contributed by atoms with Gasteiger partial charge in [-0.25, -0.2) is 4.98 Å². The molecular weight excluding hydrogens is 384 g/mol. The van der Waals surface area contributed by atoms with Gasteiger partial charge in [0.15, 0.2) is 0 Å². The second-order valence-corrected chi connectivity index (χ2v) is 7.69. The van der Waals surface area contributed by atoms with Gasteiger partial charge in [-0.2, -0.15) is 0 Å². The molecule has 3 N–H and O–H groups in total. The highest BCUT2D eigenvalue weighted by Crippen LogP contribution is 2.29. The lowest BCUT2D eigenvalue weighted by Crippen LogP contribution is -2.00. The SMILES string of the molecule is O[C@H](Cc1cncs1)c1c[nH]c(-c2cccc(Oc3ccc4[nH]ccc4c3)c2)n1. The van der Waals surface area contributed by atoms with Crippen LogP contribution in [0.1, 0.15) is 16.7 Å². The predicted octanol–water partition coefficient (Wildman–Crippen LogP) is 5.08. The first-order valence-corrected chi connectivity index (χ1v) is 10.1. The van der Waals surface area contributed by atoms with E-state index >= 15 is 0 Å². The minimum Gasteiger partial charge on any atom is -0.457 e. The van der Waals surface area contributed by atoms with Crippen LogP contribution in [0, 0.1) is 0 Å². The van der Waals surface area contributed by atoms with Crippen LogP contribution in [-0.4, -0.2) is 25.0 Å². The fourth-order valence-electron chi connectivity index (χ4n) is 3.23. The Bertz CT molecular complexity index is 1240. The van der Waals surface area contributed by atoms with Gasteiger partial charge in [-0.1, -0.05) is 12.1 Å². The topological polar surface area (TPSA) is 86.8 Å². The second-order valence-electron chi connectivity index (χ2n) is 6.72. The van der Waals surface area contributed by atoms with Gasteiger partial charge in [0.25, 0.3) is 0 Å². The summed E-state index contributed by atoms with van der Waals surface area (Å²) in [4.78, 5) is 16.0. The van der Waals surface area contributed by atoms with Crippen LogP contribution in [0.4, 0.5) is 0 Å². The Morgan fingerprint density at radius 1 is 1.07 bits per heavy atom. The van der Waals surface area contributed by atoms with Crippen LogP contribution in [0.25, 0.3) is 22.3 Å². The standard InChI is InChI=1S/C22H18N4O2S/c27-21(10-18-11-23-13-29-18)20-12-25-22(26-20)15-2-1-3-16(9-15)28-17-4-5-19-14(8-17)6-7-24-19/h1-9,11-13,21,24,27H,10H2,(H,25,26)/t21-/m1/s1. The summed E-state index contributed by atoms with van der Waals surface area (Å²) in [7, 11) is 0. The highest BCUT2D eigenvalue weighted by molar-refractivity contribution is 7.09. The number of aromatic amines is 2. The second kappa shape index (κ2) is 7.54. The number of ether oxygens (including phenoxy) is 1. The molecule has 0 amide bonds. The molecule has 29 heavy (non-hydrogen) atoms. The number of rotatable bonds is 6. The molecule has 7 heteroatoms. The first-order valence-electron chi connectivity index (χ1n) is 9.21. The molecule has 144 valence electrons. The third-order valence-electron chi connectivity index (χ3n) is 4.69. The summed E-state index contributed by atoms with van der Waals surface area (Å²) < 4.78 is 6.03. The van der Waals surface area contributed by atoms with Gasteiger partial charge in [-0.15, -0.1) is 11.3 Å². The molecule has 3 heterocycles. The molecule has 0 aliphatic carbocycles. The number of nitrogens with zero attached hydrogens (tertiary/aromatic N) is 2. The quantitative estimate of drug-likeness (QED) is 0.369. The number of nitrogens with one attached hydrogen (secondary N) is 2. The molecule has 2 aromatic carbocycles. The van der Waals surface area contributed by atoms with E-state index in [0.717, 1.165) is 32.8 Å². The number of hydrogen-bond acceptors (Lipinski definition) is 5. The van der Waals surface area contributed by atoms with Crippen molar-refractivity contribution < 1.29 is 9.84 Å². The van der Waals surface area contributed by atoms with Gasteiger partial charge in [-0.05, 0) is 36.4 Å². The summed E-state index contributed by atoms with van der Waals surface area (Å²) in [6.07, 6.45) is 5.25. The van der Waals surface area contributed by atoms with Gasteiger partial charge in [0.1, 0.15) is 23.4 Å². The smallest absolute Gasteiger partial charge is 0.137 e. The normalized spacial score (nSPS) is 12.3. The van der Waals surface area contributed by atoms with E-state index in [1.54, 1.807) is 17.9 Å². The van der Waals surface area contributed by atoms with Crippen LogP contribution < -0.4 is 4.74 Å². The van der Waals surface area contributed by atoms with Crippen molar-refractivity contribution in [3.63, 3.8) is 0 Å². The molecule has 1 atom stereocenters. The molecule has 0 spiro atoms. The zero-order valence-corrected chi connectivity index (χ0v) is 16.2. The van der Waals surface area contributed by atoms with Crippen molar-refractivity contribution in [3.05, 3.63) is 83.2 Å². The van der Waals surface area contributed by atoms with Crippen molar-refractivity contribution in [2.45, 2.75) is 12.5 Å². The highest BCUT2D eigenvalue weighted by atomic mass is 32.1. The Kier molecular flexibility index (Phi) is 4.59. The van der Waals surface area contributed by atoms with Gasteiger partial charge in [0.2, 0.25) is 0 Å². The number of thiazole rings is 1.